The summed E-state index contributed by atoms with van der Waals surface area (Å²) >= 11 is 5.72. The lowest BCUT2D eigenvalue weighted by Crippen LogP contribution is -2.48. The molecule has 0 aromatic heterocycles. The van der Waals surface area contributed by atoms with Crippen molar-refractivity contribution in [3.8, 4) is 0 Å². The summed E-state index contributed by atoms with van der Waals surface area (Å²) in [5, 5.41) is 11.4. The van der Waals surface area contributed by atoms with Gasteiger partial charge in [-0.25, -0.2) is 0 Å². The number of carbonyl (C=O) groups excluding carboxylic acids is 2. The zero-order valence-corrected chi connectivity index (χ0v) is 13.5. The van der Waals surface area contributed by atoms with Crippen molar-refractivity contribution in [3.05, 3.63) is 30.3 Å². The van der Waals surface area contributed by atoms with Gasteiger partial charge in [0.15, 0.2) is 0 Å². The first-order valence-corrected chi connectivity index (χ1v) is 8.38. The van der Waals surface area contributed by atoms with Gasteiger partial charge < -0.3 is 14.8 Å². The minimum Gasteiger partial charge on any atom is -0.548 e. The van der Waals surface area contributed by atoms with Crippen molar-refractivity contribution < 1.29 is 14.7 Å². The number of likely N-dealkylation sites (tertiary alicyclic amines) is 1. The van der Waals surface area contributed by atoms with E-state index in [0.29, 0.717) is 18.7 Å². The van der Waals surface area contributed by atoms with Gasteiger partial charge >= 0.3 is 0 Å². The van der Waals surface area contributed by atoms with Crippen LogP contribution in [0.15, 0.2) is 35.2 Å². The highest BCUT2D eigenvalue weighted by Crippen LogP contribution is 2.33. The number of carboxylic acids is 1. The standard InChI is InChI=1S/C15H19NO3S2/c1-10(9-20)14(17)16-8-12(7-13(16)15(18)19)21-11-5-3-2-4-6-11/h2-6,10,12-13,20H,7-9H2,1H3,(H,18,19)/p-1/t10-,12+,13+/m1/s1. The zero-order valence-electron chi connectivity index (χ0n) is 11.8. The van der Waals surface area contributed by atoms with E-state index >= 15 is 0 Å². The Morgan fingerprint density at radius 1 is 1.43 bits per heavy atom. The summed E-state index contributed by atoms with van der Waals surface area (Å²) in [6.45, 7) is 2.20. The van der Waals surface area contributed by atoms with Gasteiger partial charge in [-0.2, -0.15) is 12.6 Å². The van der Waals surface area contributed by atoms with E-state index < -0.39 is 12.0 Å². The van der Waals surface area contributed by atoms with Crippen LogP contribution in [0.5, 0.6) is 0 Å². The van der Waals surface area contributed by atoms with Crippen LogP contribution in [-0.2, 0) is 9.59 Å². The van der Waals surface area contributed by atoms with E-state index in [1.807, 2.05) is 30.3 Å². The van der Waals surface area contributed by atoms with Crippen LogP contribution in [0.4, 0.5) is 0 Å². The van der Waals surface area contributed by atoms with Crippen molar-refractivity contribution in [2.45, 2.75) is 29.5 Å². The molecule has 21 heavy (non-hydrogen) atoms. The smallest absolute Gasteiger partial charge is 0.226 e. The number of benzene rings is 1. The van der Waals surface area contributed by atoms with Gasteiger partial charge in [0.25, 0.3) is 0 Å². The number of hydrogen-bond acceptors (Lipinski definition) is 5. The lowest BCUT2D eigenvalue weighted by Gasteiger charge is -2.27. The third-order valence-electron chi connectivity index (χ3n) is 3.56. The molecule has 1 fully saturated rings. The van der Waals surface area contributed by atoms with Crippen molar-refractivity contribution >= 4 is 36.3 Å². The first-order valence-electron chi connectivity index (χ1n) is 6.86. The second kappa shape index (κ2) is 7.22. The van der Waals surface area contributed by atoms with E-state index in [1.54, 1.807) is 18.7 Å². The summed E-state index contributed by atoms with van der Waals surface area (Å²) in [4.78, 5) is 26.1. The highest BCUT2D eigenvalue weighted by atomic mass is 32.2. The number of aliphatic carboxylic acids is 1. The van der Waals surface area contributed by atoms with Crippen LogP contribution >= 0.6 is 24.4 Å². The van der Waals surface area contributed by atoms with Crippen LogP contribution in [0.2, 0.25) is 0 Å². The fraction of sp³-hybridized carbons (Fsp3) is 0.467. The molecule has 3 atom stereocenters. The lowest BCUT2D eigenvalue weighted by atomic mass is 10.1. The van der Waals surface area contributed by atoms with E-state index in [0.717, 1.165) is 4.90 Å². The summed E-state index contributed by atoms with van der Waals surface area (Å²) in [5.41, 5.74) is 0. The second-order valence-electron chi connectivity index (χ2n) is 5.20. The molecule has 0 spiro atoms. The molecule has 0 N–H and O–H groups in total. The Kier molecular flexibility index (Phi) is 5.58. The van der Waals surface area contributed by atoms with Crippen LogP contribution in [-0.4, -0.2) is 40.4 Å². The fourth-order valence-corrected chi connectivity index (χ4v) is 3.77. The number of thioether (sulfide) groups is 1. The third kappa shape index (κ3) is 3.95. The Hall–Kier alpha value is -1.14. The number of amides is 1. The highest BCUT2D eigenvalue weighted by Gasteiger charge is 2.37. The van der Waals surface area contributed by atoms with Gasteiger partial charge in [0.2, 0.25) is 5.91 Å². The predicted molar refractivity (Wildman–Crippen MR) is 84.2 cm³/mol. The molecule has 4 nitrogen and oxygen atoms in total. The molecule has 0 saturated carbocycles. The Labute approximate surface area is 134 Å². The maximum absolute atomic E-state index is 12.3. The van der Waals surface area contributed by atoms with Crippen LogP contribution in [0.25, 0.3) is 0 Å². The third-order valence-corrected chi connectivity index (χ3v) is 5.33. The quantitative estimate of drug-likeness (QED) is 0.823. The molecule has 6 heteroatoms. The van der Waals surface area contributed by atoms with Gasteiger partial charge in [-0.3, -0.25) is 4.79 Å². The molecule has 114 valence electrons. The van der Waals surface area contributed by atoms with Gasteiger partial charge in [0.05, 0.1) is 12.0 Å². The van der Waals surface area contributed by atoms with Crippen molar-refractivity contribution in [1.82, 2.24) is 4.90 Å². The zero-order chi connectivity index (χ0) is 15.4. The molecule has 1 amide bonds. The predicted octanol–water partition coefficient (Wildman–Crippen LogP) is 1.06. The van der Waals surface area contributed by atoms with Crippen molar-refractivity contribution in [1.29, 1.82) is 0 Å². The van der Waals surface area contributed by atoms with Crippen LogP contribution in [0.1, 0.15) is 13.3 Å². The summed E-state index contributed by atoms with van der Waals surface area (Å²) < 4.78 is 0. The molecule has 2 rings (SSSR count). The van der Waals surface area contributed by atoms with Crippen molar-refractivity contribution in [2.75, 3.05) is 12.3 Å². The molecule has 1 aromatic rings. The number of carboxylic acid groups (broad SMARTS) is 1. The minimum atomic E-state index is -1.18. The first-order chi connectivity index (χ1) is 10.0. The van der Waals surface area contributed by atoms with Gasteiger partial charge in [-0.1, -0.05) is 25.1 Å². The molecule has 1 aliphatic rings. The summed E-state index contributed by atoms with van der Waals surface area (Å²) in [6.07, 6.45) is 0.424. The minimum absolute atomic E-state index is 0.0753. The number of nitrogens with zero attached hydrogens (tertiary/aromatic N) is 1. The van der Waals surface area contributed by atoms with Gasteiger partial charge in [-0.05, 0) is 18.6 Å². The van der Waals surface area contributed by atoms with E-state index in [9.17, 15) is 14.7 Å². The molecule has 1 saturated heterocycles. The average molecular weight is 324 g/mol. The molecule has 0 bridgehead atoms. The summed E-state index contributed by atoms with van der Waals surface area (Å²) in [5.74, 6) is -1.21. The summed E-state index contributed by atoms with van der Waals surface area (Å²) in [7, 11) is 0. The van der Waals surface area contributed by atoms with Crippen LogP contribution in [0.3, 0.4) is 0 Å². The van der Waals surface area contributed by atoms with Crippen LogP contribution in [0, 0.1) is 5.92 Å². The highest BCUT2D eigenvalue weighted by molar-refractivity contribution is 8.00. The number of thiol groups is 1. The largest absolute Gasteiger partial charge is 0.548 e. The van der Waals surface area contributed by atoms with Gasteiger partial charge in [0, 0.05) is 28.4 Å². The number of rotatable bonds is 5. The molecule has 0 aliphatic carbocycles. The molecular formula is C15H18NO3S2-. The maximum Gasteiger partial charge on any atom is 0.226 e. The molecule has 0 radical (unpaired) electrons. The number of carbonyl (C=O) groups is 2. The topological polar surface area (TPSA) is 60.4 Å². The van der Waals surface area contributed by atoms with E-state index in [1.165, 1.54) is 4.90 Å². The fourth-order valence-electron chi connectivity index (χ4n) is 2.40. The van der Waals surface area contributed by atoms with Crippen LogP contribution < -0.4 is 5.11 Å². The molecule has 0 unspecified atom stereocenters. The molecular weight excluding hydrogens is 306 g/mol. The number of hydrogen-bond donors (Lipinski definition) is 1. The lowest BCUT2D eigenvalue weighted by molar-refractivity contribution is -0.310. The van der Waals surface area contributed by atoms with E-state index in [2.05, 4.69) is 12.6 Å². The molecule has 1 aromatic carbocycles. The van der Waals surface area contributed by atoms with Gasteiger partial charge in [-0.15, -0.1) is 11.8 Å². The monoisotopic (exact) mass is 324 g/mol. The van der Waals surface area contributed by atoms with Gasteiger partial charge in [0.1, 0.15) is 0 Å². The van der Waals surface area contributed by atoms with Crippen molar-refractivity contribution in [3.63, 3.8) is 0 Å². The second-order valence-corrected chi connectivity index (χ2v) is 6.94. The normalized spacial score (nSPS) is 23.0. The Morgan fingerprint density at radius 3 is 2.67 bits per heavy atom. The SMILES string of the molecule is C[C@H](CS)C(=O)N1C[C@@H](Sc2ccccc2)C[C@H]1C(=O)[O-]. The average Bonchev–Trinajstić information content (AvgIpc) is 2.90. The Morgan fingerprint density at radius 2 is 2.10 bits per heavy atom. The maximum atomic E-state index is 12.3. The Balaban J connectivity index is 2.08. The molecule has 1 aliphatic heterocycles. The van der Waals surface area contributed by atoms with Crippen molar-refractivity contribution in [2.24, 2.45) is 5.92 Å². The summed E-state index contributed by atoms with van der Waals surface area (Å²) in [6, 6.07) is 8.96. The molecule has 1 heterocycles. The van der Waals surface area contributed by atoms with E-state index in [-0.39, 0.29) is 17.1 Å². The Bertz CT molecular complexity index is 509. The van der Waals surface area contributed by atoms with E-state index in [4.69, 9.17) is 0 Å². The first kappa shape index (κ1) is 16.2.